The number of aromatic nitrogens is 1. The van der Waals surface area contributed by atoms with Crippen LogP contribution in [0.2, 0.25) is 0 Å². The SMILES string of the molecule is O=C([O-])COc1ccc(/C=C/c2ccc3cccc(O)c3n2)cc1. The minimum Gasteiger partial charge on any atom is -0.546 e. The van der Waals surface area contributed by atoms with E-state index < -0.39 is 12.6 Å². The zero-order valence-corrected chi connectivity index (χ0v) is 12.7. The van der Waals surface area contributed by atoms with Gasteiger partial charge in [0.05, 0.1) is 11.7 Å². The standard InChI is InChI=1S/C19H15NO4/c21-17-3-1-2-14-7-9-15(20-19(14)17)8-4-13-5-10-16(11-6-13)24-12-18(22)23/h1-11,21H,12H2,(H,22,23)/p-1/b8-4+. The molecule has 3 aromatic rings. The molecule has 0 aliphatic rings. The van der Waals surface area contributed by atoms with Gasteiger partial charge in [0, 0.05) is 5.39 Å². The van der Waals surface area contributed by atoms with Crippen LogP contribution in [0, 0.1) is 0 Å². The van der Waals surface area contributed by atoms with E-state index in [9.17, 15) is 15.0 Å². The van der Waals surface area contributed by atoms with Crippen LogP contribution in [0.15, 0.2) is 54.6 Å². The van der Waals surface area contributed by atoms with Gasteiger partial charge in [0.2, 0.25) is 0 Å². The molecule has 0 bridgehead atoms. The van der Waals surface area contributed by atoms with Crippen molar-refractivity contribution in [3.63, 3.8) is 0 Å². The number of phenols is 1. The van der Waals surface area contributed by atoms with Crippen LogP contribution in [0.25, 0.3) is 23.1 Å². The second kappa shape index (κ2) is 6.83. The number of carboxylic acid groups (broad SMARTS) is 1. The summed E-state index contributed by atoms with van der Waals surface area (Å²) in [6.45, 7) is -0.473. The van der Waals surface area contributed by atoms with Crippen molar-refractivity contribution in [1.29, 1.82) is 0 Å². The van der Waals surface area contributed by atoms with Crippen molar-refractivity contribution >= 4 is 29.0 Å². The summed E-state index contributed by atoms with van der Waals surface area (Å²) in [4.78, 5) is 14.8. The van der Waals surface area contributed by atoms with Gasteiger partial charge >= 0.3 is 0 Å². The summed E-state index contributed by atoms with van der Waals surface area (Å²) < 4.78 is 5.02. The summed E-state index contributed by atoms with van der Waals surface area (Å²) in [5, 5.41) is 21.1. The molecule has 0 saturated heterocycles. The van der Waals surface area contributed by atoms with Gasteiger partial charge in [-0.15, -0.1) is 0 Å². The van der Waals surface area contributed by atoms with Gasteiger partial charge in [0.25, 0.3) is 0 Å². The molecule has 0 radical (unpaired) electrons. The van der Waals surface area contributed by atoms with Crippen LogP contribution in [0.1, 0.15) is 11.3 Å². The first-order valence-electron chi connectivity index (χ1n) is 7.31. The Morgan fingerprint density at radius 1 is 1.08 bits per heavy atom. The first-order valence-corrected chi connectivity index (χ1v) is 7.31. The van der Waals surface area contributed by atoms with Crippen LogP contribution in [-0.4, -0.2) is 22.7 Å². The van der Waals surface area contributed by atoms with Gasteiger partial charge < -0.3 is 19.7 Å². The quantitative estimate of drug-likeness (QED) is 0.779. The largest absolute Gasteiger partial charge is 0.546 e. The third kappa shape index (κ3) is 3.70. The highest BCUT2D eigenvalue weighted by Crippen LogP contribution is 2.23. The number of rotatable bonds is 5. The van der Waals surface area contributed by atoms with Gasteiger partial charge in [-0.1, -0.05) is 36.4 Å². The highest BCUT2D eigenvalue weighted by atomic mass is 16.5. The predicted octanol–water partition coefficient (Wildman–Crippen LogP) is 2.24. The molecule has 0 saturated carbocycles. The van der Waals surface area contributed by atoms with Crippen LogP contribution in [0.5, 0.6) is 11.5 Å². The lowest BCUT2D eigenvalue weighted by atomic mass is 10.1. The maximum Gasteiger partial charge on any atom is 0.141 e. The number of fused-ring (bicyclic) bond motifs is 1. The molecule has 0 atom stereocenters. The Balaban J connectivity index is 1.75. The second-order valence-corrected chi connectivity index (χ2v) is 5.15. The number of pyridine rings is 1. The number of carbonyl (C=O) groups is 1. The fourth-order valence-corrected chi connectivity index (χ4v) is 2.24. The molecule has 0 fully saturated rings. The Hall–Kier alpha value is -3.34. The Bertz CT molecular complexity index is 901. The molecule has 1 N–H and O–H groups in total. The van der Waals surface area contributed by atoms with Gasteiger partial charge in [-0.2, -0.15) is 0 Å². The zero-order valence-electron chi connectivity index (χ0n) is 12.7. The molecule has 0 unspecified atom stereocenters. The van der Waals surface area contributed by atoms with Crippen LogP contribution in [-0.2, 0) is 4.79 Å². The number of para-hydroxylation sites is 1. The highest BCUT2D eigenvalue weighted by molar-refractivity contribution is 5.85. The van der Waals surface area contributed by atoms with Crippen molar-refractivity contribution < 1.29 is 19.7 Å². The lowest BCUT2D eigenvalue weighted by Gasteiger charge is -2.06. The van der Waals surface area contributed by atoms with E-state index in [1.54, 1.807) is 36.4 Å². The lowest BCUT2D eigenvalue weighted by Crippen LogP contribution is -2.28. The second-order valence-electron chi connectivity index (χ2n) is 5.15. The summed E-state index contributed by atoms with van der Waals surface area (Å²) in [5.41, 5.74) is 2.20. The summed E-state index contributed by atoms with van der Waals surface area (Å²) >= 11 is 0. The number of ether oxygens (including phenoxy) is 1. The molecule has 0 amide bonds. The molecule has 2 aromatic carbocycles. The Morgan fingerprint density at radius 3 is 2.62 bits per heavy atom. The molecular weight excluding hydrogens is 306 g/mol. The molecule has 0 aliphatic carbocycles. The highest BCUT2D eigenvalue weighted by Gasteiger charge is 2.01. The average Bonchev–Trinajstić information content (AvgIpc) is 2.59. The van der Waals surface area contributed by atoms with Gasteiger partial charge in [-0.3, -0.25) is 0 Å². The molecule has 120 valence electrons. The molecule has 24 heavy (non-hydrogen) atoms. The van der Waals surface area contributed by atoms with Crippen LogP contribution >= 0.6 is 0 Å². The number of hydrogen-bond acceptors (Lipinski definition) is 5. The van der Waals surface area contributed by atoms with Gasteiger partial charge in [-0.05, 0) is 35.9 Å². The van der Waals surface area contributed by atoms with Crippen LogP contribution in [0.4, 0.5) is 0 Å². The monoisotopic (exact) mass is 320 g/mol. The summed E-state index contributed by atoms with van der Waals surface area (Å²) in [6.07, 6.45) is 3.71. The molecule has 5 nitrogen and oxygen atoms in total. The Labute approximate surface area is 138 Å². The minimum absolute atomic E-state index is 0.150. The normalized spacial score (nSPS) is 11.0. The third-order valence-corrected chi connectivity index (χ3v) is 3.40. The number of carboxylic acids is 1. The molecular formula is C19H14NO4-. The lowest BCUT2D eigenvalue weighted by molar-refractivity contribution is -0.307. The first-order chi connectivity index (χ1) is 11.6. The number of phenolic OH excluding ortho intramolecular Hbond substituents is 1. The van der Waals surface area contributed by atoms with E-state index in [0.717, 1.165) is 16.6 Å². The van der Waals surface area contributed by atoms with Crippen molar-refractivity contribution in [2.24, 2.45) is 0 Å². The molecule has 1 aromatic heterocycles. The molecule has 0 spiro atoms. The molecule has 1 heterocycles. The topological polar surface area (TPSA) is 82.5 Å². The van der Waals surface area contributed by atoms with E-state index in [-0.39, 0.29) is 5.75 Å². The van der Waals surface area contributed by atoms with E-state index >= 15 is 0 Å². The van der Waals surface area contributed by atoms with Crippen LogP contribution < -0.4 is 9.84 Å². The number of aromatic hydroxyl groups is 1. The fraction of sp³-hybridized carbons (Fsp3) is 0.0526. The first kappa shape index (κ1) is 15.6. The maximum atomic E-state index is 10.3. The van der Waals surface area contributed by atoms with E-state index in [0.29, 0.717) is 11.3 Å². The average molecular weight is 320 g/mol. The molecule has 3 rings (SSSR count). The van der Waals surface area contributed by atoms with Crippen molar-refractivity contribution in [3.05, 3.63) is 65.9 Å². The zero-order chi connectivity index (χ0) is 16.9. The maximum absolute atomic E-state index is 10.3. The van der Waals surface area contributed by atoms with Gasteiger partial charge in [0.1, 0.15) is 23.6 Å². The van der Waals surface area contributed by atoms with E-state index in [2.05, 4.69) is 4.98 Å². The van der Waals surface area contributed by atoms with Crippen molar-refractivity contribution in [1.82, 2.24) is 4.98 Å². The molecule has 5 heteroatoms. The number of aliphatic carboxylic acids is 1. The van der Waals surface area contributed by atoms with Crippen LogP contribution in [0.3, 0.4) is 0 Å². The summed E-state index contributed by atoms with van der Waals surface area (Å²) in [6, 6.07) is 16.0. The van der Waals surface area contributed by atoms with E-state index in [4.69, 9.17) is 4.74 Å². The van der Waals surface area contributed by atoms with Crippen molar-refractivity contribution in [3.8, 4) is 11.5 Å². The van der Waals surface area contributed by atoms with E-state index in [1.165, 1.54) is 0 Å². The van der Waals surface area contributed by atoms with Crippen molar-refractivity contribution in [2.75, 3.05) is 6.61 Å². The number of nitrogens with zero attached hydrogens (tertiary/aromatic N) is 1. The van der Waals surface area contributed by atoms with Gasteiger partial charge in [0.15, 0.2) is 0 Å². The smallest absolute Gasteiger partial charge is 0.141 e. The Kier molecular flexibility index (Phi) is 4.43. The minimum atomic E-state index is -1.26. The van der Waals surface area contributed by atoms with Gasteiger partial charge in [-0.25, -0.2) is 4.98 Å². The summed E-state index contributed by atoms with van der Waals surface area (Å²) in [5.74, 6) is -0.646. The molecule has 0 aliphatic heterocycles. The predicted molar refractivity (Wildman–Crippen MR) is 89.3 cm³/mol. The summed E-state index contributed by atoms with van der Waals surface area (Å²) in [7, 11) is 0. The number of benzene rings is 2. The Morgan fingerprint density at radius 2 is 1.88 bits per heavy atom. The van der Waals surface area contributed by atoms with E-state index in [1.807, 2.05) is 30.4 Å². The number of hydrogen-bond donors (Lipinski definition) is 1. The van der Waals surface area contributed by atoms with Crippen molar-refractivity contribution in [2.45, 2.75) is 0 Å². The third-order valence-electron chi connectivity index (χ3n) is 3.40. The number of carbonyl (C=O) groups excluding carboxylic acids is 1. The fourth-order valence-electron chi connectivity index (χ4n) is 2.24.